The topological polar surface area (TPSA) is 29.1 Å². The SMILES string of the molecule is CC(=O)NC(CC(C)(C)C)c1ccccc1. The smallest absolute Gasteiger partial charge is 0.217 e. The van der Waals surface area contributed by atoms with E-state index in [0.717, 1.165) is 6.42 Å². The largest absolute Gasteiger partial charge is 0.350 e. The van der Waals surface area contributed by atoms with Gasteiger partial charge in [-0.05, 0) is 17.4 Å². The van der Waals surface area contributed by atoms with Crippen molar-refractivity contribution in [2.45, 2.75) is 40.2 Å². The molecule has 1 N–H and O–H groups in total. The lowest BCUT2D eigenvalue weighted by Crippen LogP contribution is -2.29. The highest BCUT2D eigenvalue weighted by Gasteiger charge is 2.20. The van der Waals surface area contributed by atoms with Gasteiger partial charge < -0.3 is 5.32 Å². The second-order valence-corrected chi connectivity index (χ2v) is 5.43. The molecule has 0 fully saturated rings. The van der Waals surface area contributed by atoms with Gasteiger partial charge in [-0.2, -0.15) is 0 Å². The lowest BCUT2D eigenvalue weighted by molar-refractivity contribution is -0.119. The molecule has 1 atom stereocenters. The highest BCUT2D eigenvalue weighted by Crippen LogP contribution is 2.29. The van der Waals surface area contributed by atoms with Gasteiger partial charge in [0.1, 0.15) is 0 Å². The fraction of sp³-hybridized carbons (Fsp3) is 0.500. The third-order valence-corrected chi connectivity index (χ3v) is 2.40. The number of hydrogen-bond donors (Lipinski definition) is 1. The van der Waals surface area contributed by atoms with Gasteiger partial charge in [-0.15, -0.1) is 0 Å². The van der Waals surface area contributed by atoms with Crippen molar-refractivity contribution in [3.05, 3.63) is 35.9 Å². The molecule has 0 heterocycles. The van der Waals surface area contributed by atoms with Crippen molar-refractivity contribution in [1.82, 2.24) is 5.32 Å². The van der Waals surface area contributed by atoms with E-state index in [4.69, 9.17) is 0 Å². The number of carbonyl (C=O) groups excluding carboxylic acids is 1. The van der Waals surface area contributed by atoms with Crippen LogP contribution >= 0.6 is 0 Å². The monoisotopic (exact) mass is 219 g/mol. The summed E-state index contributed by atoms with van der Waals surface area (Å²) in [6.45, 7) is 8.12. The summed E-state index contributed by atoms with van der Waals surface area (Å²) < 4.78 is 0. The molecule has 1 rings (SSSR count). The van der Waals surface area contributed by atoms with Gasteiger partial charge in [0, 0.05) is 6.92 Å². The number of rotatable bonds is 3. The Kier molecular flexibility index (Phi) is 4.11. The molecule has 1 aromatic carbocycles. The Balaban J connectivity index is 2.84. The highest BCUT2D eigenvalue weighted by molar-refractivity contribution is 5.73. The molecule has 0 aromatic heterocycles. The number of amides is 1. The summed E-state index contributed by atoms with van der Waals surface area (Å²) in [5.74, 6) is 0.0260. The van der Waals surface area contributed by atoms with Crippen LogP contribution in [0.5, 0.6) is 0 Å². The lowest BCUT2D eigenvalue weighted by atomic mass is 9.85. The number of nitrogens with one attached hydrogen (secondary N) is 1. The fourth-order valence-corrected chi connectivity index (χ4v) is 1.80. The van der Waals surface area contributed by atoms with Crippen LogP contribution in [0.25, 0.3) is 0 Å². The Morgan fingerprint density at radius 2 is 1.81 bits per heavy atom. The maximum atomic E-state index is 11.2. The van der Waals surface area contributed by atoms with Gasteiger partial charge >= 0.3 is 0 Å². The maximum Gasteiger partial charge on any atom is 0.217 e. The predicted molar refractivity (Wildman–Crippen MR) is 67.1 cm³/mol. The normalized spacial score (nSPS) is 13.2. The van der Waals surface area contributed by atoms with Gasteiger partial charge in [0.25, 0.3) is 0 Å². The molecule has 0 aliphatic rings. The van der Waals surface area contributed by atoms with Crippen LogP contribution in [0.15, 0.2) is 30.3 Å². The first-order chi connectivity index (χ1) is 7.38. The summed E-state index contributed by atoms with van der Waals surface area (Å²) in [7, 11) is 0. The molecule has 0 saturated heterocycles. The summed E-state index contributed by atoms with van der Waals surface area (Å²) in [5.41, 5.74) is 1.37. The molecule has 2 nitrogen and oxygen atoms in total. The standard InChI is InChI=1S/C14H21NO/c1-11(16)15-13(10-14(2,3)4)12-8-6-5-7-9-12/h5-9,13H,10H2,1-4H3,(H,15,16). The second kappa shape index (κ2) is 5.15. The van der Waals surface area contributed by atoms with Gasteiger partial charge in [0.15, 0.2) is 0 Å². The van der Waals surface area contributed by atoms with E-state index in [0.29, 0.717) is 0 Å². The van der Waals surface area contributed by atoms with Crippen molar-refractivity contribution in [2.24, 2.45) is 5.41 Å². The molecule has 0 saturated carbocycles. The summed E-state index contributed by atoms with van der Waals surface area (Å²) in [4.78, 5) is 11.2. The fourth-order valence-electron chi connectivity index (χ4n) is 1.80. The van der Waals surface area contributed by atoms with Crippen molar-refractivity contribution in [3.63, 3.8) is 0 Å². The molecule has 88 valence electrons. The average Bonchev–Trinajstić information content (AvgIpc) is 2.15. The number of carbonyl (C=O) groups is 1. The van der Waals surface area contributed by atoms with Gasteiger partial charge in [-0.3, -0.25) is 4.79 Å². The molecule has 16 heavy (non-hydrogen) atoms. The van der Waals surface area contributed by atoms with E-state index in [-0.39, 0.29) is 17.4 Å². The lowest BCUT2D eigenvalue weighted by Gasteiger charge is -2.26. The molecular formula is C14H21NO. The number of hydrogen-bond acceptors (Lipinski definition) is 1. The Morgan fingerprint density at radius 3 is 2.25 bits per heavy atom. The first-order valence-electron chi connectivity index (χ1n) is 5.70. The van der Waals surface area contributed by atoms with Crippen LogP contribution in [0.1, 0.15) is 45.7 Å². The van der Waals surface area contributed by atoms with E-state index in [1.807, 2.05) is 18.2 Å². The van der Waals surface area contributed by atoms with Gasteiger partial charge in [0.05, 0.1) is 6.04 Å². The third kappa shape index (κ3) is 4.47. The summed E-state index contributed by atoms with van der Waals surface area (Å²) in [6, 6.07) is 10.2. The summed E-state index contributed by atoms with van der Waals surface area (Å²) in [5, 5.41) is 3.01. The average molecular weight is 219 g/mol. The van der Waals surface area contributed by atoms with Crippen molar-refractivity contribution >= 4 is 5.91 Å². The van der Waals surface area contributed by atoms with Gasteiger partial charge in [0.2, 0.25) is 5.91 Å². The zero-order chi connectivity index (χ0) is 12.2. The number of benzene rings is 1. The van der Waals surface area contributed by atoms with E-state index in [1.165, 1.54) is 5.56 Å². The Morgan fingerprint density at radius 1 is 1.25 bits per heavy atom. The van der Waals surface area contributed by atoms with Gasteiger partial charge in [-0.25, -0.2) is 0 Å². The summed E-state index contributed by atoms with van der Waals surface area (Å²) in [6.07, 6.45) is 0.941. The molecule has 0 aliphatic heterocycles. The minimum absolute atomic E-state index is 0.0260. The molecule has 0 aliphatic carbocycles. The first-order valence-corrected chi connectivity index (χ1v) is 5.70. The first kappa shape index (κ1) is 12.8. The van der Waals surface area contributed by atoms with E-state index in [2.05, 4.69) is 38.2 Å². The third-order valence-electron chi connectivity index (χ3n) is 2.40. The second-order valence-electron chi connectivity index (χ2n) is 5.43. The van der Waals surface area contributed by atoms with Crippen LogP contribution in [0.4, 0.5) is 0 Å². The molecule has 2 heteroatoms. The van der Waals surface area contributed by atoms with Crippen LogP contribution < -0.4 is 5.32 Å². The van der Waals surface area contributed by atoms with Crippen LogP contribution in [-0.2, 0) is 4.79 Å². The summed E-state index contributed by atoms with van der Waals surface area (Å²) >= 11 is 0. The van der Waals surface area contributed by atoms with Crippen LogP contribution in [0.3, 0.4) is 0 Å². The quantitative estimate of drug-likeness (QED) is 0.830. The molecule has 0 radical (unpaired) electrons. The molecule has 1 unspecified atom stereocenters. The molecule has 1 amide bonds. The van der Waals surface area contributed by atoms with E-state index >= 15 is 0 Å². The van der Waals surface area contributed by atoms with Crippen molar-refractivity contribution in [2.75, 3.05) is 0 Å². The zero-order valence-corrected chi connectivity index (χ0v) is 10.6. The maximum absolute atomic E-state index is 11.2. The predicted octanol–water partition coefficient (Wildman–Crippen LogP) is 3.30. The Hall–Kier alpha value is -1.31. The van der Waals surface area contributed by atoms with E-state index in [1.54, 1.807) is 6.92 Å². The molecular weight excluding hydrogens is 198 g/mol. The molecule has 1 aromatic rings. The minimum atomic E-state index is 0.0260. The van der Waals surface area contributed by atoms with E-state index < -0.39 is 0 Å². The molecule has 0 bridgehead atoms. The van der Waals surface area contributed by atoms with E-state index in [9.17, 15) is 4.79 Å². The van der Waals surface area contributed by atoms with Crippen molar-refractivity contribution in [3.8, 4) is 0 Å². The van der Waals surface area contributed by atoms with Crippen molar-refractivity contribution in [1.29, 1.82) is 0 Å². The van der Waals surface area contributed by atoms with Crippen LogP contribution in [-0.4, -0.2) is 5.91 Å². The highest BCUT2D eigenvalue weighted by atomic mass is 16.1. The van der Waals surface area contributed by atoms with Gasteiger partial charge in [-0.1, -0.05) is 51.1 Å². The van der Waals surface area contributed by atoms with Crippen LogP contribution in [0.2, 0.25) is 0 Å². The molecule has 0 spiro atoms. The Bertz CT molecular complexity index is 338. The Labute approximate surface area is 98.1 Å². The van der Waals surface area contributed by atoms with Crippen LogP contribution in [0, 0.1) is 5.41 Å². The minimum Gasteiger partial charge on any atom is -0.350 e. The zero-order valence-electron chi connectivity index (χ0n) is 10.6. The van der Waals surface area contributed by atoms with Crippen molar-refractivity contribution < 1.29 is 4.79 Å².